The number of hydrogen-bond acceptors (Lipinski definition) is 5. The Labute approximate surface area is 113 Å². The smallest absolute Gasteiger partial charge is 0.258 e. The summed E-state index contributed by atoms with van der Waals surface area (Å²) < 4.78 is 42.5. The van der Waals surface area contributed by atoms with E-state index in [4.69, 9.17) is 14.2 Å². The lowest BCUT2D eigenvalue weighted by Gasteiger charge is -2.09. The van der Waals surface area contributed by atoms with Crippen molar-refractivity contribution in [2.75, 3.05) is 19.2 Å². The van der Waals surface area contributed by atoms with Gasteiger partial charge in [0, 0.05) is 19.2 Å². The summed E-state index contributed by atoms with van der Waals surface area (Å²) in [7, 11) is 1.48. The lowest BCUT2D eigenvalue weighted by atomic mass is 10.3. The van der Waals surface area contributed by atoms with Crippen LogP contribution in [-0.4, -0.2) is 18.8 Å². The largest absolute Gasteiger partial charge is 0.454 e. The minimum Gasteiger partial charge on any atom is -0.454 e. The fraction of sp³-hybridized carbons (Fsp3) is 0.154. The Bertz CT molecular complexity index is 664. The van der Waals surface area contributed by atoms with Gasteiger partial charge in [-0.25, -0.2) is 8.78 Å². The van der Waals surface area contributed by atoms with Gasteiger partial charge in [-0.3, -0.25) is 0 Å². The molecule has 5 nitrogen and oxygen atoms in total. The molecule has 0 aliphatic carbocycles. The summed E-state index contributed by atoms with van der Waals surface area (Å²) in [5.74, 6) is -0.701. The third-order valence-corrected chi connectivity index (χ3v) is 2.69. The zero-order valence-electron chi connectivity index (χ0n) is 10.4. The average molecular weight is 280 g/mol. The first kappa shape index (κ1) is 12.5. The quantitative estimate of drug-likeness (QED) is 0.936. The van der Waals surface area contributed by atoms with Gasteiger partial charge in [-0.05, 0) is 12.1 Å². The summed E-state index contributed by atoms with van der Waals surface area (Å²) in [5.41, 5.74) is 0. The van der Waals surface area contributed by atoms with E-state index < -0.39 is 11.6 Å². The van der Waals surface area contributed by atoms with Crippen LogP contribution in [0.5, 0.6) is 23.1 Å². The molecule has 1 aromatic carbocycles. The van der Waals surface area contributed by atoms with Gasteiger partial charge in [0.1, 0.15) is 5.75 Å². The molecule has 1 aliphatic rings. The molecule has 20 heavy (non-hydrogen) atoms. The van der Waals surface area contributed by atoms with Gasteiger partial charge in [0.05, 0.1) is 0 Å². The van der Waals surface area contributed by atoms with E-state index in [1.54, 1.807) is 18.2 Å². The highest BCUT2D eigenvalue weighted by Crippen LogP contribution is 2.36. The first-order chi connectivity index (χ1) is 9.67. The van der Waals surface area contributed by atoms with E-state index in [0.29, 0.717) is 23.3 Å². The summed E-state index contributed by atoms with van der Waals surface area (Å²) in [5, 5.41) is 2.51. The van der Waals surface area contributed by atoms with Crippen molar-refractivity contribution >= 4 is 5.82 Å². The molecule has 1 aromatic heterocycles. The fourth-order valence-corrected chi connectivity index (χ4v) is 1.75. The van der Waals surface area contributed by atoms with E-state index in [9.17, 15) is 8.78 Å². The van der Waals surface area contributed by atoms with Crippen LogP contribution in [0.25, 0.3) is 0 Å². The van der Waals surface area contributed by atoms with Crippen LogP contribution < -0.4 is 19.5 Å². The van der Waals surface area contributed by atoms with Crippen molar-refractivity contribution in [3.63, 3.8) is 0 Å². The van der Waals surface area contributed by atoms with Crippen molar-refractivity contribution < 1.29 is 23.0 Å². The highest BCUT2D eigenvalue weighted by molar-refractivity contribution is 5.48. The van der Waals surface area contributed by atoms with Gasteiger partial charge < -0.3 is 19.5 Å². The predicted octanol–water partition coefficient (Wildman–Crippen LogP) is 2.92. The summed E-state index contributed by atoms with van der Waals surface area (Å²) in [6.07, 6.45) is 0. The summed E-state index contributed by atoms with van der Waals surface area (Å²) in [6.45, 7) is 0.131. The maximum absolute atomic E-state index is 13.6. The molecule has 0 radical (unpaired) electrons. The van der Waals surface area contributed by atoms with Gasteiger partial charge in [0.2, 0.25) is 6.79 Å². The molecule has 104 valence electrons. The number of nitrogens with one attached hydrogen (secondary N) is 1. The number of ether oxygens (including phenoxy) is 3. The summed E-state index contributed by atoms with van der Waals surface area (Å²) >= 11 is 0. The first-order valence-electron chi connectivity index (χ1n) is 5.78. The molecule has 2 aromatic rings. The van der Waals surface area contributed by atoms with Crippen LogP contribution >= 0.6 is 0 Å². The minimum atomic E-state index is -0.890. The number of benzene rings is 1. The average Bonchev–Trinajstić information content (AvgIpc) is 2.89. The Morgan fingerprint density at radius 3 is 2.75 bits per heavy atom. The Balaban J connectivity index is 1.91. The van der Waals surface area contributed by atoms with E-state index in [-0.39, 0.29) is 18.5 Å². The molecule has 0 saturated heterocycles. The first-order valence-corrected chi connectivity index (χ1v) is 5.78. The van der Waals surface area contributed by atoms with Crippen molar-refractivity contribution in [2.24, 2.45) is 0 Å². The highest BCUT2D eigenvalue weighted by Gasteiger charge is 2.17. The van der Waals surface area contributed by atoms with E-state index in [1.165, 1.54) is 7.05 Å². The number of aromatic nitrogens is 1. The van der Waals surface area contributed by atoms with Gasteiger partial charge in [-0.2, -0.15) is 4.98 Å². The van der Waals surface area contributed by atoms with E-state index >= 15 is 0 Å². The second-order valence-corrected chi connectivity index (χ2v) is 3.97. The zero-order valence-corrected chi connectivity index (χ0v) is 10.4. The molecule has 0 spiro atoms. The molecule has 0 atom stereocenters. The molecule has 1 N–H and O–H groups in total. The number of halogens is 2. The van der Waals surface area contributed by atoms with Crippen molar-refractivity contribution in [2.45, 2.75) is 0 Å². The van der Waals surface area contributed by atoms with E-state index in [1.807, 2.05) is 0 Å². The van der Waals surface area contributed by atoms with Gasteiger partial charge in [-0.1, -0.05) is 0 Å². The van der Waals surface area contributed by atoms with E-state index in [0.717, 1.165) is 0 Å². The predicted molar refractivity (Wildman–Crippen MR) is 66.3 cm³/mol. The molecule has 0 amide bonds. The highest BCUT2D eigenvalue weighted by atomic mass is 19.1. The van der Waals surface area contributed by atoms with Gasteiger partial charge in [0.25, 0.3) is 5.88 Å². The number of hydrogen-bond donors (Lipinski definition) is 1. The molecule has 2 heterocycles. The van der Waals surface area contributed by atoms with Crippen molar-refractivity contribution in [1.29, 1.82) is 0 Å². The number of anilines is 1. The third kappa shape index (κ3) is 2.18. The molecular weight excluding hydrogens is 270 g/mol. The monoisotopic (exact) mass is 280 g/mol. The summed E-state index contributed by atoms with van der Waals surface area (Å²) in [6, 6.07) is 5.47. The third-order valence-electron chi connectivity index (χ3n) is 2.69. The molecule has 0 unspecified atom stereocenters. The molecule has 0 saturated carbocycles. The molecular formula is C13H10F2N2O3. The van der Waals surface area contributed by atoms with Crippen LogP contribution in [0.15, 0.2) is 24.3 Å². The zero-order chi connectivity index (χ0) is 14.1. The Hall–Kier alpha value is -2.57. The van der Waals surface area contributed by atoms with Gasteiger partial charge in [-0.15, -0.1) is 0 Å². The van der Waals surface area contributed by atoms with Crippen molar-refractivity contribution in [3.05, 3.63) is 35.9 Å². The topological polar surface area (TPSA) is 52.6 Å². The summed E-state index contributed by atoms with van der Waals surface area (Å²) in [4.78, 5) is 3.72. The minimum absolute atomic E-state index is 0.0952. The Morgan fingerprint density at radius 1 is 1.15 bits per heavy atom. The van der Waals surface area contributed by atoms with Crippen molar-refractivity contribution in [1.82, 2.24) is 4.98 Å². The van der Waals surface area contributed by atoms with Crippen LogP contribution in [0.3, 0.4) is 0 Å². The second-order valence-electron chi connectivity index (χ2n) is 3.97. The Kier molecular flexibility index (Phi) is 3.02. The number of pyridine rings is 1. The molecule has 0 bridgehead atoms. The van der Waals surface area contributed by atoms with Crippen LogP contribution in [0.1, 0.15) is 0 Å². The SMILES string of the molecule is CNc1nc(Oc2ccc3c(c2)OCO3)c(F)cc1F. The van der Waals surface area contributed by atoms with E-state index in [2.05, 4.69) is 10.3 Å². The van der Waals surface area contributed by atoms with Gasteiger partial charge in [0.15, 0.2) is 29.0 Å². The normalized spacial score (nSPS) is 12.3. The number of fused-ring (bicyclic) bond motifs is 1. The molecule has 0 fully saturated rings. The van der Waals surface area contributed by atoms with Gasteiger partial charge >= 0.3 is 0 Å². The van der Waals surface area contributed by atoms with Crippen LogP contribution in [0, 0.1) is 11.6 Å². The number of nitrogens with zero attached hydrogens (tertiary/aromatic N) is 1. The maximum atomic E-state index is 13.6. The Morgan fingerprint density at radius 2 is 1.95 bits per heavy atom. The van der Waals surface area contributed by atoms with Crippen LogP contribution in [0.4, 0.5) is 14.6 Å². The lowest BCUT2D eigenvalue weighted by molar-refractivity contribution is 0.174. The molecule has 3 rings (SSSR count). The molecule has 7 heteroatoms. The maximum Gasteiger partial charge on any atom is 0.258 e. The van der Waals surface area contributed by atoms with Crippen molar-refractivity contribution in [3.8, 4) is 23.1 Å². The van der Waals surface area contributed by atoms with Crippen LogP contribution in [-0.2, 0) is 0 Å². The number of rotatable bonds is 3. The standard InChI is InChI=1S/C13H10F2N2O3/c1-16-12-8(14)5-9(15)13(17-12)20-7-2-3-10-11(4-7)19-6-18-10/h2-5H,6H2,1H3,(H,16,17). The second kappa shape index (κ2) is 4.84. The fourth-order valence-electron chi connectivity index (χ4n) is 1.75. The molecule has 1 aliphatic heterocycles. The lowest BCUT2D eigenvalue weighted by Crippen LogP contribution is -2.01. The van der Waals surface area contributed by atoms with Crippen LogP contribution in [0.2, 0.25) is 0 Å².